The van der Waals surface area contributed by atoms with E-state index in [1.807, 2.05) is 13.0 Å². The number of hydrogen-bond acceptors (Lipinski definition) is 8. The highest BCUT2D eigenvalue weighted by molar-refractivity contribution is 6.41. The molecule has 2 N–H and O–H groups in total. The van der Waals surface area contributed by atoms with Crippen molar-refractivity contribution in [1.29, 1.82) is 0 Å². The Balaban J connectivity index is 1.85. The summed E-state index contributed by atoms with van der Waals surface area (Å²) in [7, 11) is 3.07. The minimum absolute atomic E-state index is 0.203. The fourth-order valence-electron chi connectivity index (χ4n) is 3.47. The number of nitrogens with one attached hydrogen (secondary N) is 2. The standard InChI is InChI=1S/C21H23Cl2N5O3/c1-4-24-20-19-11(9-25-21(28-19)26-12-5-6-31-10-12)7-13(27-20)16-17(22)14(29-2)8-15(30-3)18(16)23/h7-9,12H,4-6,10H2,1-3H3,(H,24,27)(H,25,26,28). The maximum absolute atomic E-state index is 6.60. The lowest BCUT2D eigenvalue weighted by atomic mass is 10.1. The van der Waals surface area contributed by atoms with Gasteiger partial charge >= 0.3 is 0 Å². The molecule has 0 spiro atoms. The van der Waals surface area contributed by atoms with Crippen LogP contribution in [0.25, 0.3) is 22.2 Å². The van der Waals surface area contributed by atoms with Crippen LogP contribution in [-0.2, 0) is 4.74 Å². The second-order valence-electron chi connectivity index (χ2n) is 7.01. The molecule has 1 fully saturated rings. The van der Waals surface area contributed by atoms with E-state index in [1.165, 1.54) is 14.2 Å². The Hall–Kier alpha value is -2.55. The average Bonchev–Trinajstić information content (AvgIpc) is 3.28. The summed E-state index contributed by atoms with van der Waals surface area (Å²) >= 11 is 13.2. The zero-order chi connectivity index (χ0) is 22.0. The molecule has 0 saturated carbocycles. The van der Waals surface area contributed by atoms with Gasteiger partial charge in [0.05, 0.1) is 42.6 Å². The smallest absolute Gasteiger partial charge is 0.223 e. The molecule has 2 aromatic heterocycles. The molecular formula is C21H23Cl2N5O3. The number of anilines is 2. The number of hydrogen-bond donors (Lipinski definition) is 2. The van der Waals surface area contributed by atoms with Crippen molar-refractivity contribution in [2.24, 2.45) is 0 Å². The number of nitrogens with zero attached hydrogens (tertiary/aromatic N) is 3. The van der Waals surface area contributed by atoms with Gasteiger partial charge in [0.25, 0.3) is 0 Å². The molecule has 1 saturated heterocycles. The molecule has 31 heavy (non-hydrogen) atoms. The number of rotatable bonds is 7. The second kappa shape index (κ2) is 9.30. The molecule has 8 nitrogen and oxygen atoms in total. The lowest BCUT2D eigenvalue weighted by Gasteiger charge is -2.16. The third-order valence-corrected chi connectivity index (χ3v) is 5.75. The van der Waals surface area contributed by atoms with Crippen LogP contribution in [0.2, 0.25) is 10.0 Å². The molecule has 4 rings (SSSR count). The van der Waals surface area contributed by atoms with Gasteiger partial charge in [-0.15, -0.1) is 0 Å². The number of methoxy groups -OCH3 is 2. The summed E-state index contributed by atoms with van der Waals surface area (Å²) in [6.45, 7) is 4.04. The molecule has 0 radical (unpaired) electrons. The number of aromatic nitrogens is 3. The summed E-state index contributed by atoms with van der Waals surface area (Å²) < 4.78 is 16.2. The molecule has 164 valence electrons. The molecule has 0 amide bonds. The first-order valence-corrected chi connectivity index (χ1v) is 10.7. The summed E-state index contributed by atoms with van der Waals surface area (Å²) in [5, 5.41) is 8.09. The van der Waals surface area contributed by atoms with E-state index in [0.29, 0.717) is 63.2 Å². The van der Waals surface area contributed by atoms with Crippen LogP contribution in [-0.4, -0.2) is 55.0 Å². The molecule has 1 atom stereocenters. The Bertz CT molecular complexity index is 1080. The molecule has 1 aliphatic heterocycles. The second-order valence-corrected chi connectivity index (χ2v) is 7.76. The van der Waals surface area contributed by atoms with E-state index in [1.54, 1.807) is 12.3 Å². The monoisotopic (exact) mass is 463 g/mol. The highest BCUT2D eigenvalue weighted by atomic mass is 35.5. The summed E-state index contributed by atoms with van der Waals surface area (Å²) in [5.74, 6) is 2.03. The first kappa shape index (κ1) is 21.7. The molecular weight excluding hydrogens is 441 g/mol. The Labute approximate surface area is 190 Å². The molecule has 0 bridgehead atoms. The maximum Gasteiger partial charge on any atom is 0.223 e. The van der Waals surface area contributed by atoms with E-state index in [0.717, 1.165) is 18.4 Å². The number of fused-ring (bicyclic) bond motifs is 1. The van der Waals surface area contributed by atoms with Gasteiger partial charge in [-0.3, -0.25) is 0 Å². The lowest BCUT2D eigenvalue weighted by Crippen LogP contribution is -2.20. The quantitative estimate of drug-likeness (QED) is 0.523. The van der Waals surface area contributed by atoms with Crippen LogP contribution in [0.1, 0.15) is 13.3 Å². The van der Waals surface area contributed by atoms with Crippen molar-refractivity contribution >= 4 is 45.9 Å². The minimum Gasteiger partial charge on any atom is -0.495 e. The summed E-state index contributed by atoms with van der Waals surface area (Å²) in [5.41, 5.74) is 1.78. The van der Waals surface area contributed by atoms with Crippen molar-refractivity contribution in [2.75, 3.05) is 44.6 Å². The van der Waals surface area contributed by atoms with E-state index in [9.17, 15) is 0 Å². The summed E-state index contributed by atoms with van der Waals surface area (Å²) in [6.07, 6.45) is 2.68. The highest BCUT2D eigenvalue weighted by Crippen LogP contribution is 2.46. The van der Waals surface area contributed by atoms with E-state index in [4.69, 9.17) is 42.4 Å². The topological polar surface area (TPSA) is 90.4 Å². The molecule has 3 aromatic rings. The molecule has 0 aliphatic carbocycles. The Morgan fingerprint density at radius 3 is 2.48 bits per heavy atom. The number of halogens is 2. The summed E-state index contributed by atoms with van der Waals surface area (Å²) in [6, 6.07) is 3.70. The average molecular weight is 464 g/mol. The first-order valence-electron chi connectivity index (χ1n) is 9.92. The van der Waals surface area contributed by atoms with Crippen LogP contribution in [0, 0.1) is 0 Å². The fourth-order valence-corrected chi connectivity index (χ4v) is 4.16. The van der Waals surface area contributed by atoms with E-state index >= 15 is 0 Å². The largest absolute Gasteiger partial charge is 0.495 e. The van der Waals surface area contributed by atoms with Gasteiger partial charge in [0.2, 0.25) is 5.95 Å². The van der Waals surface area contributed by atoms with Crippen LogP contribution in [0.3, 0.4) is 0 Å². The molecule has 1 aliphatic rings. The Kier molecular flexibility index (Phi) is 6.50. The van der Waals surface area contributed by atoms with Crippen molar-refractivity contribution in [3.63, 3.8) is 0 Å². The van der Waals surface area contributed by atoms with Gasteiger partial charge in [0.15, 0.2) is 5.82 Å². The SMILES string of the molecule is CCNc1nc(-c2c(Cl)c(OC)cc(OC)c2Cl)cc2cnc(NC3CCOC3)nc12. The van der Waals surface area contributed by atoms with Crippen LogP contribution < -0.4 is 20.1 Å². The number of ether oxygens (including phenoxy) is 3. The van der Waals surface area contributed by atoms with Gasteiger partial charge in [-0.05, 0) is 19.4 Å². The molecule has 1 aromatic carbocycles. The molecule has 10 heteroatoms. The van der Waals surface area contributed by atoms with Crippen LogP contribution in [0.15, 0.2) is 18.3 Å². The normalized spacial score (nSPS) is 15.8. The van der Waals surface area contributed by atoms with Crippen LogP contribution in [0.5, 0.6) is 11.5 Å². The lowest BCUT2D eigenvalue weighted by molar-refractivity contribution is 0.195. The van der Waals surface area contributed by atoms with Crippen molar-refractivity contribution in [2.45, 2.75) is 19.4 Å². The predicted molar refractivity (Wildman–Crippen MR) is 123 cm³/mol. The van der Waals surface area contributed by atoms with Crippen molar-refractivity contribution in [3.8, 4) is 22.8 Å². The number of pyridine rings is 1. The van der Waals surface area contributed by atoms with Gasteiger partial charge in [0.1, 0.15) is 17.0 Å². The Morgan fingerprint density at radius 1 is 1.13 bits per heavy atom. The third-order valence-electron chi connectivity index (χ3n) is 5.00. The first-order chi connectivity index (χ1) is 15.0. The summed E-state index contributed by atoms with van der Waals surface area (Å²) in [4.78, 5) is 13.9. The van der Waals surface area contributed by atoms with Crippen LogP contribution in [0.4, 0.5) is 11.8 Å². The zero-order valence-corrected chi connectivity index (χ0v) is 19.0. The van der Waals surface area contributed by atoms with Gasteiger partial charge in [0, 0.05) is 36.4 Å². The van der Waals surface area contributed by atoms with Crippen LogP contribution >= 0.6 is 23.2 Å². The van der Waals surface area contributed by atoms with Crippen molar-refractivity contribution in [3.05, 3.63) is 28.4 Å². The third kappa shape index (κ3) is 4.28. The zero-order valence-electron chi connectivity index (χ0n) is 17.5. The van der Waals surface area contributed by atoms with Gasteiger partial charge in [-0.2, -0.15) is 0 Å². The minimum atomic E-state index is 0.203. The van der Waals surface area contributed by atoms with Gasteiger partial charge < -0.3 is 24.8 Å². The van der Waals surface area contributed by atoms with E-state index in [-0.39, 0.29) is 6.04 Å². The van der Waals surface area contributed by atoms with Gasteiger partial charge in [-0.25, -0.2) is 15.0 Å². The van der Waals surface area contributed by atoms with E-state index < -0.39 is 0 Å². The molecule has 1 unspecified atom stereocenters. The van der Waals surface area contributed by atoms with E-state index in [2.05, 4.69) is 20.6 Å². The predicted octanol–water partition coefficient (Wildman–Crippen LogP) is 4.65. The van der Waals surface area contributed by atoms with Crippen molar-refractivity contribution < 1.29 is 14.2 Å². The fraction of sp³-hybridized carbons (Fsp3) is 0.381. The number of benzene rings is 1. The van der Waals surface area contributed by atoms with Crippen molar-refractivity contribution in [1.82, 2.24) is 15.0 Å². The maximum atomic E-state index is 6.60. The molecule has 3 heterocycles. The Morgan fingerprint density at radius 2 is 1.87 bits per heavy atom. The van der Waals surface area contributed by atoms with Gasteiger partial charge in [-0.1, -0.05) is 23.2 Å². The highest BCUT2D eigenvalue weighted by Gasteiger charge is 2.22.